The first-order valence-electron chi connectivity index (χ1n) is 7.86. The van der Waals surface area contributed by atoms with Crippen LogP contribution < -0.4 is 5.32 Å². The zero-order chi connectivity index (χ0) is 15.5. The van der Waals surface area contributed by atoms with Crippen LogP contribution in [0.4, 0.5) is 8.78 Å². The highest BCUT2D eigenvalue weighted by atomic mass is 35.5. The van der Waals surface area contributed by atoms with Crippen LogP contribution in [0.1, 0.15) is 64.0 Å². The van der Waals surface area contributed by atoms with Gasteiger partial charge in [-0.1, -0.05) is 44.7 Å². The second-order valence-corrected chi connectivity index (χ2v) is 6.80. The molecule has 0 saturated heterocycles. The molecule has 2 rings (SSSR count). The standard InChI is InChI=1S/C17H24ClF2N/c1-3-9-21-16(17(2)7-5-4-6-8-17)12-10-14(19)15(20)11-13(12)18/h10-11,16,21H,3-9H2,1-2H3. The fourth-order valence-corrected chi connectivity index (χ4v) is 3.69. The molecule has 1 aromatic carbocycles. The van der Waals surface area contributed by atoms with Gasteiger partial charge in [-0.3, -0.25) is 0 Å². The third-order valence-corrected chi connectivity index (χ3v) is 4.97. The smallest absolute Gasteiger partial charge is 0.160 e. The molecule has 1 N–H and O–H groups in total. The molecule has 21 heavy (non-hydrogen) atoms. The maximum atomic E-state index is 13.7. The Morgan fingerprint density at radius 2 is 1.81 bits per heavy atom. The number of hydrogen-bond donors (Lipinski definition) is 1. The van der Waals surface area contributed by atoms with Crippen LogP contribution in [-0.4, -0.2) is 6.54 Å². The van der Waals surface area contributed by atoms with Crippen molar-refractivity contribution in [2.24, 2.45) is 5.41 Å². The van der Waals surface area contributed by atoms with E-state index in [1.807, 2.05) is 0 Å². The number of rotatable bonds is 5. The SMILES string of the molecule is CCCNC(c1cc(F)c(F)cc1Cl)C1(C)CCCCC1. The Labute approximate surface area is 131 Å². The summed E-state index contributed by atoms with van der Waals surface area (Å²) in [6.07, 6.45) is 6.78. The molecule has 0 bridgehead atoms. The zero-order valence-corrected chi connectivity index (χ0v) is 13.6. The highest BCUT2D eigenvalue weighted by molar-refractivity contribution is 6.31. The zero-order valence-electron chi connectivity index (χ0n) is 12.8. The van der Waals surface area contributed by atoms with E-state index in [0.717, 1.165) is 31.9 Å². The van der Waals surface area contributed by atoms with Crippen molar-refractivity contribution in [3.05, 3.63) is 34.4 Å². The number of benzene rings is 1. The third-order valence-electron chi connectivity index (χ3n) is 4.64. The summed E-state index contributed by atoms with van der Waals surface area (Å²) < 4.78 is 27.0. The van der Waals surface area contributed by atoms with E-state index in [-0.39, 0.29) is 11.5 Å². The van der Waals surface area contributed by atoms with Crippen LogP contribution >= 0.6 is 11.6 Å². The van der Waals surface area contributed by atoms with Gasteiger partial charge in [-0.2, -0.15) is 0 Å². The minimum atomic E-state index is -0.883. The Balaban J connectivity index is 2.37. The van der Waals surface area contributed by atoms with Gasteiger partial charge in [0.25, 0.3) is 0 Å². The average Bonchev–Trinajstić information content (AvgIpc) is 2.45. The van der Waals surface area contributed by atoms with Crippen LogP contribution in [0.2, 0.25) is 5.02 Å². The summed E-state index contributed by atoms with van der Waals surface area (Å²) in [6.45, 7) is 5.17. The van der Waals surface area contributed by atoms with Gasteiger partial charge < -0.3 is 5.32 Å². The van der Waals surface area contributed by atoms with Gasteiger partial charge in [-0.25, -0.2) is 8.78 Å². The molecular formula is C17H24ClF2N. The molecule has 1 nitrogen and oxygen atoms in total. The minimum absolute atomic E-state index is 0.0275. The van der Waals surface area contributed by atoms with Gasteiger partial charge in [0.15, 0.2) is 11.6 Å². The molecule has 118 valence electrons. The fraction of sp³-hybridized carbons (Fsp3) is 0.647. The van der Waals surface area contributed by atoms with E-state index >= 15 is 0 Å². The van der Waals surface area contributed by atoms with Crippen LogP contribution in [0, 0.1) is 17.0 Å². The van der Waals surface area contributed by atoms with Crippen LogP contribution in [0.25, 0.3) is 0 Å². The van der Waals surface area contributed by atoms with Crippen LogP contribution in [0.3, 0.4) is 0 Å². The molecule has 1 aliphatic carbocycles. The molecule has 1 saturated carbocycles. The minimum Gasteiger partial charge on any atom is -0.309 e. The molecule has 1 unspecified atom stereocenters. The van der Waals surface area contributed by atoms with E-state index in [4.69, 9.17) is 11.6 Å². The van der Waals surface area contributed by atoms with Crippen LogP contribution in [-0.2, 0) is 0 Å². The molecule has 0 aliphatic heterocycles. The highest BCUT2D eigenvalue weighted by Gasteiger charge is 2.37. The lowest BCUT2D eigenvalue weighted by Crippen LogP contribution is -2.38. The van der Waals surface area contributed by atoms with E-state index in [0.29, 0.717) is 10.6 Å². The van der Waals surface area contributed by atoms with Gasteiger partial charge in [-0.05, 0) is 48.9 Å². The molecule has 1 atom stereocenters. The first-order valence-corrected chi connectivity index (χ1v) is 8.23. The molecule has 1 fully saturated rings. The fourth-order valence-electron chi connectivity index (χ4n) is 3.43. The monoisotopic (exact) mass is 315 g/mol. The second kappa shape index (κ2) is 7.06. The summed E-state index contributed by atoms with van der Waals surface area (Å²) in [6, 6.07) is 2.34. The Hall–Kier alpha value is -0.670. The van der Waals surface area contributed by atoms with Crippen molar-refractivity contribution in [1.29, 1.82) is 0 Å². The third kappa shape index (κ3) is 3.75. The van der Waals surface area contributed by atoms with E-state index in [1.165, 1.54) is 25.3 Å². The van der Waals surface area contributed by atoms with E-state index in [1.54, 1.807) is 0 Å². The molecule has 0 aromatic heterocycles. The summed E-state index contributed by atoms with van der Waals surface area (Å²) >= 11 is 6.21. The average molecular weight is 316 g/mol. The lowest BCUT2D eigenvalue weighted by atomic mass is 9.68. The van der Waals surface area contributed by atoms with Crippen LogP contribution in [0.15, 0.2) is 12.1 Å². The summed E-state index contributed by atoms with van der Waals surface area (Å²) in [5, 5.41) is 3.82. The molecule has 0 heterocycles. The highest BCUT2D eigenvalue weighted by Crippen LogP contribution is 2.47. The van der Waals surface area contributed by atoms with Crippen molar-refractivity contribution in [3.8, 4) is 0 Å². The maximum absolute atomic E-state index is 13.7. The number of nitrogens with one attached hydrogen (secondary N) is 1. The summed E-state index contributed by atoms with van der Waals surface area (Å²) in [5.74, 6) is -1.70. The van der Waals surface area contributed by atoms with Crippen molar-refractivity contribution in [2.75, 3.05) is 6.54 Å². The predicted octanol–water partition coefficient (Wildman–Crippen LogP) is 5.63. The van der Waals surface area contributed by atoms with Gasteiger partial charge in [0, 0.05) is 11.1 Å². The van der Waals surface area contributed by atoms with Gasteiger partial charge in [0.1, 0.15) is 0 Å². The topological polar surface area (TPSA) is 12.0 Å². The number of halogens is 3. The van der Waals surface area contributed by atoms with E-state index < -0.39 is 11.6 Å². The lowest BCUT2D eigenvalue weighted by molar-refractivity contribution is 0.144. The van der Waals surface area contributed by atoms with Crippen molar-refractivity contribution in [2.45, 2.75) is 58.4 Å². The first-order chi connectivity index (χ1) is 9.98. The Morgan fingerprint density at radius 1 is 1.19 bits per heavy atom. The predicted molar refractivity (Wildman–Crippen MR) is 83.6 cm³/mol. The maximum Gasteiger partial charge on any atom is 0.160 e. The van der Waals surface area contributed by atoms with Crippen molar-refractivity contribution in [1.82, 2.24) is 5.32 Å². The number of hydrogen-bond acceptors (Lipinski definition) is 1. The molecule has 1 aromatic rings. The summed E-state index contributed by atoms with van der Waals surface area (Å²) in [7, 11) is 0. The summed E-state index contributed by atoms with van der Waals surface area (Å²) in [4.78, 5) is 0. The van der Waals surface area contributed by atoms with Crippen molar-refractivity contribution >= 4 is 11.6 Å². The van der Waals surface area contributed by atoms with E-state index in [2.05, 4.69) is 19.2 Å². The van der Waals surface area contributed by atoms with Crippen molar-refractivity contribution < 1.29 is 8.78 Å². The van der Waals surface area contributed by atoms with Crippen LogP contribution in [0.5, 0.6) is 0 Å². The van der Waals surface area contributed by atoms with Gasteiger partial charge in [0.2, 0.25) is 0 Å². The molecule has 1 aliphatic rings. The van der Waals surface area contributed by atoms with Gasteiger partial charge in [-0.15, -0.1) is 0 Å². The first kappa shape index (κ1) is 16.7. The van der Waals surface area contributed by atoms with Gasteiger partial charge in [0.05, 0.1) is 0 Å². The molecular weight excluding hydrogens is 292 g/mol. The molecule has 0 spiro atoms. The van der Waals surface area contributed by atoms with E-state index in [9.17, 15) is 8.78 Å². The Kier molecular flexibility index (Phi) is 5.61. The molecule has 4 heteroatoms. The lowest BCUT2D eigenvalue weighted by Gasteiger charge is -2.42. The normalized spacial score (nSPS) is 19.5. The van der Waals surface area contributed by atoms with Gasteiger partial charge >= 0.3 is 0 Å². The molecule has 0 radical (unpaired) electrons. The second-order valence-electron chi connectivity index (χ2n) is 6.39. The quantitative estimate of drug-likeness (QED) is 0.694. The summed E-state index contributed by atoms with van der Waals surface area (Å²) in [5.41, 5.74) is 0.731. The largest absolute Gasteiger partial charge is 0.309 e. The Bertz CT molecular complexity index is 484. The van der Waals surface area contributed by atoms with Crippen molar-refractivity contribution in [3.63, 3.8) is 0 Å². The molecule has 0 amide bonds. The Morgan fingerprint density at radius 3 is 2.43 bits per heavy atom.